The molecule has 1 aromatic rings. The molecule has 1 fully saturated rings. The molecule has 0 saturated heterocycles. The molecule has 2 rings (SSSR count). The molecular weight excluding hydrogens is 360 g/mol. The van der Waals surface area contributed by atoms with Gasteiger partial charge in [0.25, 0.3) is 0 Å². The Labute approximate surface area is 168 Å². The van der Waals surface area contributed by atoms with Crippen LogP contribution in [-0.2, 0) is 19.8 Å². The molecule has 0 unspecified atom stereocenters. The Kier molecular flexibility index (Phi) is 7.53. The third kappa shape index (κ3) is 5.83. The van der Waals surface area contributed by atoms with Gasteiger partial charge in [0.1, 0.15) is 0 Å². The second-order valence-corrected chi connectivity index (χ2v) is 9.33. The Morgan fingerprint density at radius 3 is 2.56 bits per heavy atom. The molecule has 4 heteroatoms. The van der Waals surface area contributed by atoms with Crippen LogP contribution in [0, 0.1) is 5.92 Å². The normalized spacial score (nSPS) is 25.9. The number of carbonyl (C=O) groups is 1. The maximum absolute atomic E-state index is 11.1. The van der Waals surface area contributed by atoms with Crippen molar-refractivity contribution in [3.63, 3.8) is 0 Å². The van der Waals surface area contributed by atoms with E-state index in [0.29, 0.717) is 12.8 Å². The van der Waals surface area contributed by atoms with Crippen LogP contribution in [-0.4, -0.2) is 24.3 Å². The van der Waals surface area contributed by atoms with Crippen LogP contribution in [0.5, 0.6) is 0 Å². The number of benzene rings is 1. The minimum Gasteiger partial charge on any atom is -0.469 e. The topological polar surface area (TPSA) is 46.5 Å². The maximum atomic E-state index is 11.1. The predicted molar refractivity (Wildman–Crippen MR) is 111 cm³/mol. The summed E-state index contributed by atoms with van der Waals surface area (Å²) in [6, 6.07) is 8.56. The first kappa shape index (κ1) is 22.0. The highest BCUT2D eigenvalue weighted by Gasteiger charge is 2.46. The largest absolute Gasteiger partial charge is 0.469 e. The maximum Gasteiger partial charge on any atom is 0.305 e. The molecule has 0 bridgehead atoms. The van der Waals surface area contributed by atoms with Crippen molar-refractivity contribution in [3.8, 4) is 0 Å². The van der Waals surface area contributed by atoms with Crippen molar-refractivity contribution in [2.75, 3.05) is 7.11 Å². The van der Waals surface area contributed by atoms with Gasteiger partial charge >= 0.3 is 5.97 Å². The van der Waals surface area contributed by atoms with Gasteiger partial charge < -0.3 is 9.84 Å². The molecular formula is C23H33ClO3. The van der Waals surface area contributed by atoms with Crippen molar-refractivity contribution in [2.45, 2.75) is 75.7 Å². The number of aliphatic hydroxyl groups excluding tert-OH is 1. The molecule has 0 spiro atoms. The van der Waals surface area contributed by atoms with E-state index in [0.717, 1.165) is 31.2 Å². The smallest absolute Gasteiger partial charge is 0.305 e. The van der Waals surface area contributed by atoms with E-state index in [2.05, 4.69) is 61.9 Å². The lowest BCUT2D eigenvalue weighted by Crippen LogP contribution is -2.24. The Hall–Kier alpha value is -1.32. The molecule has 0 heterocycles. The number of methoxy groups -OCH3 is 1. The summed E-state index contributed by atoms with van der Waals surface area (Å²) in [5, 5.41) is 10.2. The monoisotopic (exact) mass is 392 g/mol. The minimum atomic E-state index is -0.522. The third-order valence-corrected chi connectivity index (χ3v) is 6.21. The average molecular weight is 393 g/mol. The number of ether oxygens (including phenoxy) is 1. The van der Waals surface area contributed by atoms with Crippen LogP contribution in [0.1, 0.15) is 70.4 Å². The molecule has 0 aromatic heterocycles. The van der Waals surface area contributed by atoms with Gasteiger partial charge in [-0.1, -0.05) is 57.2 Å². The van der Waals surface area contributed by atoms with Gasteiger partial charge in [-0.15, -0.1) is 11.6 Å². The van der Waals surface area contributed by atoms with Crippen molar-refractivity contribution < 1.29 is 14.6 Å². The van der Waals surface area contributed by atoms with Crippen LogP contribution in [0.25, 0.3) is 0 Å². The number of carbonyl (C=O) groups excluding carboxylic acids is 1. The summed E-state index contributed by atoms with van der Waals surface area (Å²) in [5.41, 5.74) is 2.49. The lowest BCUT2D eigenvalue weighted by Gasteiger charge is -2.30. The van der Waals surface area contributed by atoms with Gasteiger partial charge in [-0.25, -0.2) is 0 Å². The van der Waals surface area contributed by atoms with Crippen molar-refractivity contribution in [2.24, 2.45) is 5.92 Å². The molecule has 3 nitrogen and oxygen atoms in total. The summed E-state index contributed by atoms with van der Waals surface area (Å²) < 4.78 is 4.65. The van der Waals surface area contributed by atoms with Crippen LogP contribution in [0.15, 0.2) is 36.4 Å². The second-order valence-electron chi connectivity index (χ2n) is 8.66. The molecule has 1 aromatic carbocycles. The Morgan fingerprint density at radius 2 is 1.96 bits per heavy atom. The number of unbranched alkanes of at least 4 members (excludes halogenated alkanes) is 1. The zero-order chi connectivity index (χ0) is 20.1. The van der Waals surface area contributed by atoms with Crippen LogP contribution in [0.3, 0.4) is 0 Å². The number of alkyl halides is 1. The summed E-state index contributed by atoms with van der Waals surface area (Å²) in [4.78, 5) is 10.6. The Morgan fingerprint density at radius 1 is 1.30 bits per heavy atom. The van der Waals surface area contributed by atoms with Gasteiger partial charge in [-0.2, -0.15) is 0 Å². The first-order valence-electron chi connectivity index (χ1n) is 9.86. The SMILES string of the molecule is COC(=O)CCC/C=C\C[C@@H]1C[C@@H](O)C[C@@]1(Cl)c1ccc(C(C)(C)C)cc1. The number of rotatable bonds is 7. The quantitative estimate of drug-likeness (QED) is 0.289. The first-order valence-corrected chi connectivity index (χ1v) is 10.2. The number of hydrogen-bond acceptors (Lipinski definition) is 3. The molecule has 150 valence electrons. The van der Waals surface area contributed by atoms with Crippen LogP contribution >= 0.6 is 11.6 Å². The molecule has 27 heavy (non-hydrogen) atoms. The predicted octanol–water partition coefficient (Wildman–Crippen LogP) is 5.48. The summed E-state index contributed by atoms with van der Waals surface area (Å²) >= 11 is 7.07. The molecule has 1 saturated carbocycles. The van der Waals surface area contributed by atoms with Crippen molar-refractivity contribution >= 4 is 17.6 Å². The molecule has 0 radical (unpaired) electrons. The van der Waals surface area contributed by atoms with Gasteiger partial charge in [-0.05, 0) is 54.6 Å². The fraction of sp³-hybridized carbons (Fsp3) is 0.609. The number of allylic oxidation sites excluding steroid dienone is 2. The van der Waals surface area contributed by atoms with Crippen molar-refractivity contribution in [1.29, 1.82) is 0 Å². The highest BCUT2D eigenvalue weighted by atomic mass is 35.5. The summed E-state index contributed by atoms with van der Waals surface area (Å²) in [6.45, 7) is 6.60. The average Bonchev–Trinajstić information content (AvgIpc) is 2.91. The van der Waals surface area contributed by atoms with E-state index in [4.69, 9.17) is 11.6 Å². The van der Waals surface area contributed by atoms with Gasteiger partial charge in [0.2, 0.25) is 0 Å². The van der Waals surface area contributed by atoms with Crippen molar-refractivity contribution in [3.05, 3.63) is 47.5 Å². The fourth-order valence-corrected chi connectivity index (χ4v) is 4.32. The minimum absolute atomic E-state index is 0.111. The van der Waals surface area contributed by atoms with E-state index < -0.39 is 4.87 Å². The molecule has 1 N–H and O–H groups in total. The van der Waals surface area contributed by atoms with E-state index >= 15 is 0 Å². The number of hydrogen-bond donors (Lipinski definition) is 1. The standard InChI is InChI=1S/C23H33ClO3/c1-22(2,3)17-11-13-18(14-12-17)23(24)16-20(25)15-19(23)9-7-5-6-8-10-21(26)27-4/h5,7,11-14,19-20,25H,6,8-10,15-16H2,1-4H3/b7-5-/t19-,20-,23-/m1/s1. The molecule has 1 aliphatic rings. The van der Waals surface area contributed by atoms with Crippen LogP contribution in [0.2, 0.25) is 0 Å². The van der Waals surface area contributed by atoms with E-state index in [1.165, 1.54) is 12.7 Å². The van der Waals surface area contributed by atoms with Gasteiger partial charge in [0, 0.05) is 6.42 Å². The Balaban J connectivity index is 2.00. The number of halogens is 1. The highest BCUT2D eigenvalue weighted by molar-refractivity contribution is 6.24. The Bertz CT molecular complexity index is 645. The van der Waals surface area contributed by atoms with E-state index in [1.807, 2.05) is 0 Å². The summed E-state index contributed by atoms with van der Waals surface area (Å²) in [6.07, 6.45) is 8.11. The van der Waals surface area contributed by atoms with E-state index in [9.17, 15) is 9.90 Å². The van der Waals surface area contributed by atoms with Crippen molar-refractivity contribution in [1.82, 2.24) is 0 Å². The number of esters is 1. The summed E-state index contributed by atoms with van der Waals surface area (Å²) in [7, 11) is 1.41. The number of aliphatic hydroxyl groups is 1. The molecule has 0 aliphatic heterocycles. The van der Waals surface area contributed by atoms with Crippen LogP contribution < -0.4 is 0 Å². The van der Waals surface area contributed by atoms with Gasteiger partial charge in [-0.3, -0.25) is 4.79 Å². The van der Waals surface area contributed by atoms with E-state index in [-0.39, 0.29) is 23.4 Å². The van der Waals surface area contributed by atoms with Gasteiger partial charge in [0.15, 0.2) is 0 Å². The van der Waals surface area contributed by atoms with Crippen LogP contribution in [0.4, 0.5) is 0 Å². The first-order chi connectivity index (χ1) is 12.7. The molecule has 0 amide bonds. The third-order valence-electron chi connectivity index (χ3n) is 5.53. The second kappa shape index (κ2) is 9.25. The zero-order valence-corrected chi connectivity index (χ0v) is 17.8. The molecule has 1 aliphatic carbocycles. The lowest BCUT2D eigenvalue weighted by atomic mass is 9.82. The molecule has 3 atom stereocenters. The fourth-order valence-electron chi connectivity index (χ4n) is 3.84. The highest BCUT2D eigenvalue weighted by Crippen LogP contribution is 2.51. The van der Waals surface area contributed by atoms with Gasteiger partial charge in [0.05, 0.1) is 18.1 Å². The zero-order valence-electron chi connectivity index (χ0n) is 17.0. The summed E-state index contributed by atoms with van der Waals surface area (Å²) in [5.74, 6) is 0.0345. The lowest BCUT2D eigenvalue weighted by molar-refractivity contribution is -0.140. The van der Waals surface area contributed by atoms with E-state index in [1.54, 1.807) is 0 Å².